The summed E-state index contributed by atoms with van der Waals surface area (Å²) in [7, 11) is 0. The second-order valence-corrected chi connectivity index (χ2v) is 5.87. The van der Waals surface area contributed by atoms with Gasteiger partial charge in [0, 0.05) is 19.7 Å². The number of carboxylic acid groups (broad SMARTS) is 1. The van der Waals surface area contributed by atoms with Gasteiger partial charge in [-0.25, -0.2) is 4.79 Å². The topological polar surface area (TPSA) is 78.9 Å². The fraction of sp³-hybridized carbons (Fsp3) is 0.846. The van der Waals surface area contributed by atoms with E-state index in [9.17, 15) is 9.59 Å². The maximum Gasteiger partial charge on any atom is 0.317 e. The van der Waals surface area contributed by atoms with Gasteiger partial charge in [0.05, 0.1) is 17.6 Å². The number of piperidine rings is 1. The maximum atomic E-state index is 12.2. The summed E-state index contributed by atoms with van der Waals surface area (Å²) in [4.78, 5) is 24.8. The van der Waals surface area contributed by atoms with Gasteiger partial charge in [0.1, 0.15) is 0 Å². The van der Waals surface area contributed by atoms with Crippen molar-refractivity contribution in [2.45, 2.75) is 44.8 Å². The first kappa shape index (κ1) is 14.1. The minimum atomic E-state index is -0.818. The molecular formula is C13H22N2O4. The van der Waals surface area contributed by atoms with Gasteiger partial charge in [0.25, 0.3) is 0 Å². The Balaban J connectivity index is 1.91. The van der Waals surface area contributed by atoms with E-state index in [4.69, 9.17) is 9.84 Å². The van der Waals surface area contributed by atoms with Crippen molar-refractivity contribution in [3.8, 4) is 0 Å². The van der Waals surface area contributed by atoms with E-state index in [1.807, 2.05) is 13.8 Å². The molecule has 0 spiro atoms. The molecule has 2 aliphatic rings. The third-order valence-electron chi connectivity index (χ3n) is 4.08. The molecule has 2 N–H and O–H groups in total. The first-order chi connectivity index (χ1) is 8.90. The first-order valence-corrected chi connectivity index (χ1v) is 6.82. The van der Waals surface area contributed by atoms with Crippen LogP contribution in [0.25, 0.3) is 0 Å². The smallest absolute Gasteiger partial charge is 0.317 e. The van der Waals surface area contributed by atoms with Gasteiger partial charge >= 0.3 is 12.0 Å². The molecule has 2 atom stereocenters. The van der Waals surface area contributed by atoms with Gasteiger partial charge in [-0.2, -0.15) is 0 Å². The molecule has 0 saturated carbocycles. The number of aliphatic carboxylic acids is 1. The number of hydrogen-bond acceptors (Lipinski definition) is 3. The van der Waals surface area contributed by atoms with E-state index in [2.05, 4.69) is 5.32 Å². The molecule has 0 radical (unpaired) electrons. The van der Waals surface area contributed by atoms with Crippen LogP contribution in [0.3, 0.4) is 0 Å². The van der Waals surface area contributed by atoms with Crippen LogP contribution in [0.15, 0.2) is 0 Å². The monoisotopic (exact) mass is 270 g/mol. The molecule has 2 heterocycles. The number of rotatable bonds is 2. The van der Waals surface area contributed by atoms with Crippen molar-refractivity contribution >= 4 is 12.0 Å². The second-order valence-electron chi connectivity index (χ2n) is 5.87. The first-order valence-electron chi connectivity index (χ1n) is 6.82. The normalized spacial score (nSPS) is 30.1. The zero-order chi connectivity index (χ0) is 14.0. The lowest BCUT2D eigenvalue weighted by atomic mass is 9.98. The fourth-order valence-electron chi connectivity index (χ4n) is 2.74. The molecule has 0 aromatic rings. The highest BCUT2D eigenvalue weighted by Crippen LogP contribution is 2.25. The number of likely N-dealkylation sites (tertiary alicyclic amines) is 1. The summed E-state index contributed by atoms with van der Waals surface area (Å²) in [5.41, 5.74) is -0.350. The highest BCUT2D eigenvalue weighted by atomic mass is 16.5. The van der Waals surface area contributed by atoms with Crippen LogP contribution in [-0.4, -0.2) is 53.3 Å². The van der Waals surface area contributed by atoms with Gasteiger partial charge in [-0.1, -0.05) is 0 Å². The average molecular weight is 270 g/mol. The summed E-state index contributed by atoms with van der Waals surface area (Å²) in [5, 5.41) is 12.0. The maximum absolute atomic E-state index is 12.2. The summed E-state index contributed by atoms with van der Waals surface area (Å²) in [6.45, 7) is 5.50. The summed E-state index contributed by atoms with van der Waals surface area (Å²) in [5.74, 6) is -1.26. The molecule has 2 unspecified atom stereocenters. The molecule has 0 aromatic carbocycles. The molecule has 2 amide bonds. The van der Waals surface area contributed by atoms with Crippen molar-refractivity contribution in [3.63, 3.8) is 0 Å². The van der Waals surface area contributed by atoms with Crippen molar-refractivity contribution in [3.05, 3.63) is 0 Å². The molecule has 0 aliphatic carbocycles. The van der Waals surface area contributed by atoms with Gasteiger partial charge in [-0.3, -0.25) is 4.79 Å². The predicted octanol–water partition coefficient (Wildman–Crippen LogP) is 1.06. The lowest BCUT2D eigenvalue weighted by molar-refractivity contribution is -0.143. The second kappa shape index (κ2) is 5.36. The van der Waals surface area contributed by atoms with Crippen molar-refractivity contribution in [1.29, 1.82) is 0 Å². The van der Waals surface area contributed by atoms with Gasteiger partial charge < -0.3 is 20.1 Å². The lowest BCUT2D eigenvalue weighted by Crippen LogP contribution is -2.53. The minimum Gasteiger partial charge on any atom is -0.481 e. The van der Waals surface area contributed by atoms with Crippen molar-refractivity contribution in [2.75, 3.05) is 19.7 Å². The van der Waals surface area contributed by atoms with E-state index < -0.39 is 11.9 Å². The van der Waals surface area contributed by atoms with E-state index in [1.54, 1.807) is 4.90 Å². The van der Waals surface area contributed by atoms with E-state index in [-0.39, 0.29) is 17.7 Å². The van der Waals surface area contributed by atoms with Gasteiger partial charge in [0.2, 0.25) is 0 Å². The summed E-state index contributed by atoms with van der Waals surface area (Å²) in [6, 6.07) is -0.181. The molecule has 2 aliphatic heterocycles. The van der Waals surface area contributed by atoms with Crippen LogP contribution in [0, 0.1) is 5.92 Å². The quantitative estimate of drug-likeness (QED) is 0.786. The van der Waals surface area contributed by atoms with Gasteiger partial charge in [0.15, 0.2) is 0 Å². The molecule has 2 fully saturated rings. The molecule has 2 rings (SSSR count). The van der Waals surface area contributed by atoms with Gasteiger partial charge in [-0.05, 0) is 33.1 Å². The summed E-state index contributed by atoms with van der Waals surface area (Å²) < 4.78 is 5.57. The lowest BCUT2D eigenvalue weighted by Gasteiger charge is -2.34. The number of urea groups is 1. The summed E-state index contributed by atoms with van der Waals surface area (Å²) >= 11 is 0. The highest BCUT2D eigenvalue weighted by Gasteiger charge is 2.38. The Morgan fingerprint density at radius 3 is 2.68 bits per heavy atom. The highest BCUT2D eigenvalue weighted by molar-refractivity contribution is 5.77. The van der Waals surface area contributed by atoms with Crippen molar-refractivity contribution < 1.29 is 19.4 Å². The Morgan fingerprint density at radius 1 is 1.37 bits per heavy atom. The Hall–Kier alpha value is -1.30. The van der Waals surface area contributed by atoms with Crippen LogP contribution in [-0.2, 0) is 9.53 Å². The van der Waals surface area contributed by atoms with E-state index >= 15 is 0 Å². The Bertz CT molecular complexity index is 370. The molecular weight excluding hydrogens is 248 g/mol. The van der Waals surface area contributed by atoms with E-state index in [1.165, 1.54) is 0 Å². The van der Waals surface area contributed by atoms with Crippen molar-refractivity contribution in [2.24, 2.45) is 5.92 Å². The third-order valence-corrected chi connectivity index (χ3v) is 4.08. The predicted molar refractivity (Wildman–Crippen MR) is 68.9 cm³/mol. The number of carbonyl (C=O) groups is 2. The molecule has 108 valence electrons. The molecule has 6 heteroatoms. The number of hydrogen-bond donors (Lipinski definition) is 2. The molecule has 6 nitrogen and oxygen atoms in total. The van der Waals surface area contributed by atoms with Crippen LogP contribution in [0.4, 0.5) is 4.79 Å². The number of carbonyl (C=O) groups excluding carboxylic acids is 1. The average Bonchev–Trinajstić information content (AvgIpc) is 2.69. The Morgan fingerprint density at radius 2 is 2.11 bits per heavy atom. The molecule has 0 bridgehead atoms. The SMILES string of the molecule is CC1(C)OCCC1NC(=O)N1CCCC(C(=O)O)C1. The number of ether oxygens (including phenoxy) is 1. The molecule has 19 heavy (non-hydrogen) atoms. The number of amides is 2. The van der Waals surface area contributed by atoms with Crippen LogP contribution in [0.5, 0.6) is 0 Å². The number of carboxylic acids is 1. The fourth-order valence-corrected chi connectivity index (χ4v) is 2.74. The zero-order valence-electron chi connectivity index (χ0n) is 11.5. The largest absolute Gasteiger partial charge is 0.481 e. The minimum absolute atomic E-state index is 0.00907. The zero-order valence-corrected chi connectivity index (χ0v) is 11.5. The number of nitrogens with zero attached hydrogens (tertiary/aromatic N) is 1. The van der Waals surface area contributed by atoms with E-state index in [0.29, 0.717) is 26.1 Å². The Labute approximate surface area is 113 Å². The van der Waals surface area contributed by atoms with Crippen LogP contribution >= 0.6 is 0 Å². The van der Waals surface area contributed by atoms with Gasteiger partial charge in [-0.15, -0.1) is 0 Å². The molecule has 2 saturated heterocycles. The number of nitrogens with one attached hydrogen (secondary N) is 1. The van der Waals surface area contributed by atoms with E-state index in [0.717, 1.165) is 12.8 Å². The Kier molecular flexibility index (Phi) is 3.99. The van der Waals surface area contributed by atoms with Crippen LogP contribution < -0.4 is 5.32 Å². The van der Waals surface area contributed by atoms with Crippen LogP contribution in [0.1, 0.15) is 33.1 Å². The molecule has 0 aromatic heterocycles. The van der Waals surface area contributed by atoms with Crippen molar-refractivity contribution in [1.82, 2.24) is 10.2 Å². The third kappa shape index (κ3) is 3.18. The van der Waals surface area contributed by atoms with Crippen LogP contribution in [0.2, 0.25) is 0 Å². The summed E-state index contributed by atoms with van der Waals surface area (Å²) in [6.07, 6.45) is 2.20. The standard InChI is InChI=1S/C13H22N2O4/c1-13(2)10(5-7-19-13)14-12(18)15-6-3-4-9(8-15)11(16)17/h9-10H,3-8H2,1-2H3,(H,14,18)(H,16,17).